The molecule has 0 saturated carbocycles. The Morgan fingerprint density at radius 3 is 2.60 bits per heavy atom. The molecule has 0 amide bonds. The first kappa shape index (κ1) is 15.9. The molecular formula is C11H18N4O5. The van der Waals surface area contributed by atoms with E-state index in [1.807, 2.05) is 0 Å². The highest BCUT2D eigenvalue weighted by molar-refractivity contribution is 5.73. The van der Waals surface area contributed by atoms with Crippen LogP contribution in [0.1, 0.15) is 25.5 Å². The molecule has 0 aliphatic rings. The molecule has 0 fully saturated rings. The molecular weight excluding hydrogens is 268 g/mol. The number of nitro groups is 1. The van der Waals surface area contributed by atoms with Gasteiger partial charge >= 0.3 is 11.7 Å². The van der Waals surface area contributed by atoms with E-state index in [4.69, 9.17) is 9.84 Å². The van der Waals surface area contributed by atoms with E-state index in [0.29, 0.717) is 5.69 Å². The van der Waals surface area contributed by atoms with Gasteiger partial charge in [0.15, 0.2) is 6.10 Å². The third-order valence-electron chi connectivity index (χ3n) is 2.79. The first-order chi connectivity index (χ1) is 9.29. The maximum absolute atomic E-state index is 11.2. The number of carbonyl (C=O) groups is 1. The minimum Gasteiger partial charge on any atom is -0.479 e. The van der Waals surface area contributed by atoms with Gasteiger partial charge in [-0.1, -0.05) is 13.8 Å². The van der Waals surface area contributed by atoms with E-state index in [0.717, 1.165) is 0 Å². The second-order valence-electron chi connectivity index (χ2n) is 4.56. The summed E-state index contributed by atoms with van der Waals surface area (Å²) in [6.45, 7) is 3.51. The van der Waals surface area contributed by atoms with E-state index >= 15 is 0 Å². The summed E-state index contributed by atoms with van der Waals surface area (Å²) >= 11 is 0. The van der Waals surface area contributed by atoms with Gasteiger partial charge in [0, 0.05) is 20.1 Å². The van der Waals surface area contributed by atoms with E-state index in [1.54, 1.807) is 20.9 Å². The average Bonchev–Trinajstić information content (AvgIpc) is 2.67. The van der Waals surface area contributed by atoms with Gasteiger partial charge in [-0.25, -0.2) is 9.48 Å². The maximum Gasteiger partial charge on any atom is 0.334 e. The molecule has 0 radical (unpaired) electrons. The van der Waals surface area contributed by atoms with E-state index in [-0.39, 0.29) is 24.0 Å². The van der Waals surface area contributed by atoms with Crippen molar-refractivity contribution in [2.45, 2.75) is 25.9 Å². The molecule has 1 aromatic heterocycles. The zero-order valence-electron chi connectivity index (χ0n) is 11.8. The highest BCUT2D eigenvalue weighted by Gasteiger charge is 2.29. The number of rotatable bonds is 7. The lowest BCUT2D eigenvalue weighted by atomic mass is 10.1. The average molecular weight is 286 g/mol. The Labute approximate surface area is 115 Å². The number of aliphatic carboxylic acids is 1. The molecule has 112 valence electrons. The molecule has 0 saturated heterocycles. The summed E-state index contributed by atoms with van der Waals surface area (Å²) in [6, 6.07) is 0. The van der Waals surface area contributed by atoms with Crippen LogP contribution < -0.4 is 5.32 Å². The first-order valence-corrected chi connectivity index (χ1v) is 6.00. The van der Waals surface area contributed by atoms with Crippen molar-refractivity contribution in [1.29, 1.82) is 0 Å². The van der Waals surface area contributed by atoms with Crippen LogP contribution in [0.5, 0.6) is 0 Å². The summed E-state index contributed by atoms with van der Waals surface area (Å²) in [6.07, 6.45) is -1.09. The van der Waals surface area contributed by atoms with Crippen molar-refractivity contribution in [3.05, 3.63) is 15.8 Å². The van der Waals surface area contributed by atoms with Gasteiger partial charge in [-0.05, 0) is 0 Å². The number of anilines is 1. The fourth-order valence-corrected chi connectivity index (χ4v) is 1.76. The predicted octanol–water partition coefficient (Wildman–Crippen LogP) is 0.963. The van der Waals surface area contributed by atoms with Crippen molar-refractivity contribution in [2.24, 2.45) is 7.05 Å². The Bertz CT molecular complexity index is 511. The van der Waals surface area contributed by atoms with Crippen LogP contribution in [0.4, 0.5) is 11.5 Å². The van der Waals surface area contributed by atoms with Gasteiger partial charge in [0.25, 0.3) is 0 Å². The Kier molecular flexibility index (Phi) is 5.03. The third-order valence-corrected chi connectivity index (χ3v) is 2.79. The summed E-state index contributed by atoms with van der Waals surface area (Å²) < 4.78 is 6.10. The SMILES string of the molecule is COC(CNc1c([N+](=O)[O-])c(C(C)C)nn1C)C(=O)O. The third kappa shape index (κ3) is 3.23. The molecule has 1 aromatic rings. The van der Waals surface area contributed by atoms with Crippen molar-refractivity contribution >= 4 is 17.5 Å². The molecule has 0 bridgehead atoms. The van der Waals surface area contributed by atoms with E-state index in [2.05, 4.69) is 10.4 Å². The fourth-order valence-electron chi connectivity index (χ4n) is 1.76. The Balaban J connectivity index is 3.06. The number of nitrogens with one attached hydrogen (secondary N) is 1. The minimum atomic E-state index is -1.14. The van der Waals surface area contributed by atoms with Gasteiger partial charge < -0.3 is 15.2 Å². The summed E-state index contributed by atoms with van der Waals surface area (Å²) in [5, 5.41) is 26.9. The number of aryl methyl sites for hydroxylation is 1. The number of carboxylic acid groups (broad SMARTS) is 1. The van der Waals surface area contributed by atoms with Crippen LogP contribution in [0, 0.1) is 10.1 Å². The molecule has 1 unspecified atom stereocenters. The monoisotopic (exact) mass is 286 g/mol. The molecule has 9 heteroatoms. The van der Waals surface area contributed by atoms with Crippen LogP contribution in [0.3, 0.4) is 0 Å². The number of hydrogen-bond donors (Lipinski definition) is 2. The van der Waals surface area contributed by atoms with Crippen LogP contribution in [0.2, 0.25) is 0 Å². The van der Waals surface area contributed by atoms with Crippen molar-refractivity contribution in [1.82, 2.24) is 9.78 Å². The van der Waals surface area contributed by atoms with Crippen LogP contribution in [0.25, 0.3) is 0 Å². The number of carboxylic acids is 1. The fraction of sp³-hybridized carbons (Fsp3) is 0.636. The number of ether oxygens (including phenoxy) is 1. The Morgan fingerprint density at radius 2 is 2.20 bits per heavy atom. The van der Waals surface area contributed by atoms with Gasteiger partial charge in [0.1, 0.15) is 5.69 Å². The van der Waals surface area contributed by atoms with E-state index < -0.39 is 17.0 Å². The lowest BCUT2D eigenvalue weighted by molar-refractivity contribution is -0.384. The normalized spacial score (nSPS) is 12.4. The number of aromatic nitrogens is 2. The van der Waals surface area contributed by atoms with Gasteiger partial charge in [-0.15, -0.1) is 0 Å². The van der Waals surface area contributed by atoms with E-state index in [1.165, 1.54) is 11.8 Å². The van der Waals surface area contributed by atoms with Gasteiger partial charge in [-0.3, -0.25) is 10.1 Å². The van der Waals surface area contributed by atoms with Crippen molar-refractivity contribution in [3.8, 4) is 0 Å². The standard InChI is InChI=1S/C11H18N4O5/c1-6(2)8-9(15(18)19)10(14(3)13-8)12-5-7(20-4)11(16)17/h6-7,12H,5H2,1-4H3,(H,16,17). The number of methoxy groups -OCH3 is 1. The topological polar surface area (TPSA) is 120 Å². The number of hydrogen-bond acceptors (Lipinski definition) is 6. The molecule has 1 heterocycles. The zero-order chi connectivity index (χ0) is 15.4. The maximum atomic E-state index is 11.2. The highest BCUT2D eigenvalue weighted by atomic mass is 16.6. The number of nitrogens with zero attached hydrogens (tertiary/aromatic N) is 3. The van der Waals surface area contributed by atoms with Crippen LogP contribution in [0.15, 0.2) is 0 Å². The molecule has 2 N–H and O–H groups in total. The van der Waals surface area contributed by atoms with Crippen molar-refractivity contribution in [3.63, 3.8) is 0 Å². The minimum absolute atomic E-state index is 0.0935. The predicted molar refractivity (Wildman–Crippen MR) is 70.9 cm³/mol. The van der Waals surface area contributed by atoms with Crippen molar-refractivity contribution < 1.29 is 19.6 Å². The van der Waals surface area contributed by atoms with Crippen LogP contribution in [-0.2, 0) is 16.6 Å². The molecule has 0 aliphatic carbocycles. The van der Waals surface area contributed by atoms with Crippen LogP contribution >= 0.6 is 0 Å². The highest BCUT2D eigenvalue weighted by Crippen LogP contribution is 2.32. The lowest BCUT2D eigenvalue weighted by Gasteiger charge is -2.12. The van der Waals surface area contributed by atoms with Crippen LogP contribution in [-0.4, -0.2) is 45.5 Å². The summed E-state index contributed by atoms with van der Waals surface area (Å²) in [5.41, 5.74) is 0.215. The smallest absolute Gasteiger partial charge is 0.334 e. The van der Waals surface area contributed by atoms with Gasteiger partial charge in [0.2, 0.25) is 5.82 Å². The lowest BCUT2D eigenvalue weighted by Crippen LogP contribution is -2.31. The molecule has 1 rings (SSSR count). The molecule has 1 atom stereocenters. The molecule has 0 aromatic carbocycles. The summed E-state index contributed by atoms with van der Waals surface area (Å²) in [4.78, 5) is 21.5. The van der Waals surface area contributed by atoms with E-state index in [9.17, 15) is 14.9 Å². The van der Waals surface area contributed by atoms with Gasteiger partial charge in [-0.2, -0.15) is 5.10 Å². The van der Waals surface area contributed by atoms with Gasteiger partial charge in [0.05, 0.1) is 11.5 Å². The quantitative estimate of drug-likeness (QED) is 0.566. The molecule has 9 nitrogen and oxygen atoms in total. The Morgan fingerprint density at radius 1 is 1.60 bits per heavy atom. The molecule has 20 heavy (non-hydrogen) atoms. The zero-order valence-corrected chi connectivity index (χ0v) is 11.8. The largest absolute Gasteiger partial charge is 0.479 e. The molecule has 0 spiro atoms. The Hall–Kier alpha value is -2.16. The summed E-state index contributed by atoms with van der Waals surface area (Å²) in [5.74, 6) is -1.09. The first-order valence-electron chi connectivity index (χ1n) is 6.00. The molecule has 0 aliphatic heterocycles. The van der Waals surface area contributed by atoms with Crippen molar-refractivity contribution in [2.75, 3.05) is 19.0 Å². The second-order valence-corrected chi connectivity index (χ2v) is 4.56. The second kappa shape index (κ2) is 6.33. The summed E-state index contributed by atoms with van der Waals surface area (Å²) in [7, 11) is 2.82.